The van der Waals surface area contributed by atoms with Crippen LogP contribution in [0.3, 0.4) is 0 Å². The molecule has 33 heavy (non-hydrogen) atoms. The number of aliphatic hydroxyl groups excluding tert-OH is 1. The zero-order chi connectivity index (χ0) is 23.3. The van der Waals surface area contributed by atoms with Gasteiger partial charge in [-0.15, -0.1) is 10.2 Å². The van der Waals surface area contributed by atoms with Crippen molar-refractivity contribution in [3.63, 3.8) is 0 Å². The summed E-state index contributed by atoms with van der Waals surface area (Å²) in [5.41, 5.74) is -0.460. The van der Waals surface area contributed by atoms with Crippen LogP contribution in [0.4, 0.5) is 13.2 Å². The number of pyridine rings is 1. The predicted octanol–water partition coefficient (Wildman–Crippen LogP) is 3.66. The number of hydrogen-bond acceptors (Lipinski definition) is 4. The van der Waals surface area contributed by atoms with Crippen molar-refractivity contribution in [2.24, 2.45) is 13.0 Å². The minimum absolute atomic E-state index is 0.00996. The van der Waals surface area contributed by atoms with Gasteiger partial charge in [-0.2, -0.15) is 13.2 Å². The number of alkyl halides is 3. The second-order valence-corrected chi connectivity index (χ2v) is 8.52. The summed E-state index contributed by atoms with van der Waals surface area (Å²) in [6.45, 7) is -0.604. The SMILES string of the molecule is Cn1cnnc1C(c1cccc(-n2cc3c(C(F)(F)F)cc(CO)cn3c2=O)c1)C1CCC1. The van der Waals surface area contributed by atoms with E-state index in [2.05, 4.69) is 10.2 Å². The minimum Gasteiger partial charge on any atom is -0.392 e. The van der Waals surface area contributed by atoms with Crippen LogP contribution in [0.2, 0.25) is 0 Å². The molecule has 4 aromatic rings. The average Bonchev–Trinajstić information content (AvgIpc) is 3.32. The number of benzene rings is 1. The summed E-state index contributed by atoms with van der Waals surface area (Å²) in [5, 5.41) is 17.7. The van der Waals surface area contributed by atoms with Crippen molar-refractivity contribution in [1.29, 1.82) is 0 Å². The first-order chi connectivity index (χ1) is 15.8. The van der Waals surface area contributed by atoms with Crippen LogP contribution in [0, 0.1) is 5.92 Å². The Morgan fingerprint density at radius 2 is 2.00 bits per heavy atom. The molecule has 3 aromatic heterocycles. The van der Waals surface area contributed by atoms with Crippen molar-refractivity contribution >= 4 is 5.52 Å². The number of fused-ring (bicyclic) bond motifs is 1. The third-order valence-corrected chi connectivity index (χ3v) is 6.46. The number of imidazole rings is 1. The molecule has 1 aliphatic rings. The fraction of sp³-hybridized carbons (Fsp3) is 0.348. The predicted molar refractivity (Wildman–Crippen MR) is 114 cm³/mol. The number of nitrogens with zero attached hydrogens (tertiary/aromatic N) is 5. The van der Waals surface area contributed by atoms with Crippen LogP contribution in [-0.4, -0.2) is 28.8 Å². The lowest BCUT2D eigenvalue weighted by atomic mass is 9.72. The molecule has 0 bridgehead atoms. The maximum Gasteiger partial charge on any atom is 0.418 e. The van der Waals surface area contributed by atoms with E-state index in [9.17, 15) is 23.1 Å². The van der Waals surface area contributed by atoms with Gasteiger partial charge in [0.2, 0.25) is 0 Å². The zero-order valence-corrected chi connectivity index (χ0v) is 17.8. The smallest absolute Gasteiger partial charge is 0.392 e. The van der Waals surface area contributed by atoms with Gasteiger partial charge in [-0.25, -0.2) is 4.79 Å². The van der Waals surface area contributed by atoms with Crippen LogP contribution in [0.5, 0.6) is 0 Å². The monoisotopic (exact) mass is 457 g/mol. The van der Waals surface area contributed by atoms with Crippen LogP contribution < -0.4 is 5.69 Å². The van der Waals surface area contributed by atoms with Crippen molar-refractivity contribution in [3.8, 4) is 5.69 Å². The molecule has 1 aromatic carbocycles. The Morgan fingerprint density at radius 1 is 1.21 bits per heavy atom. The van der Waals surface area contributed by atoms with E-state index in [4.69, 9.17) is 0 Å². The molecule has 1 aliphatic carbocycles. The number of hydrogen-bond donors (Lipinski definition) is 1. The molecule has 3 heterocycles. The van der Waals surface area contributed by atoms with Gasteiger partial charge in [-0.1, -0.05) is 18.6 Å². The largest absolute Gasteiger partial charge is 0.418 e. The van der Waals surface area contributed by atoms with E-state index in [1.807, 2.05) is 23.7 Å². The highest BCUT2D eigenvalue weighted by atomic mass is 19.4. The van der Waals surface area contributed by atoms with Crippen molar-refractivity contribution < 1.29 is 18.3 Å². The third kappa shape index (κ3) is 3.64. The number of halogens is 3. The van der Waals surface area contributed by atoms with Gasteiger partial charge in [0, 0.05) is 25.4 Å². The van der Waals surface area contributed by atoms with E-state index in [-0.39, 0.29) is 17.0 Å². The van der Waals surface area contributed by atoms with Gasteiger partial charge in [0.05, 0.1) is 23.4 Å². The minimum atomic E-state index is -4.67. The van der Waals surface area contributed by atoms with Crippen molar-refractivity contribution in [1.82, 2.24) is 23.7 Å². The van der Waals surface area contributed by atoms with E-state index in [0.29, 0.717) is 11.6 Å². The first kappa shape index (κ1) is 21.4. The summed E-state index contributed by atoms with van der Waals surface area (Å²) in [6, 6.07) is 8.15. The molecule has 7 nitrogen and oxygen atoms in total. The third-order valence-electron chi connectivity index (χ3n) is 6.46. The maximum absolute atomic E-state index is 13.7. The quantitative estimate of drug-likeness (QED) is 0.496. The Morgan fingerprint density at radius 3 is 2.61 bits per heavy atom. The summed E-state index contributed by atoms with van der Waals surface area (Å²) in [5.74, 6) is 1.18. The highest BCUT2D eigenvalue weighted by molar-refractivity contribution is 5.58. The molecule has 0 aliphatic heterocycles. The van der Waals surface area contributed by atoms with Gasteiger partial charge in [0.1, 0.15) is 12.2 Å². The van der Waals surface area contributed by atoms with Gasteiger partial charge < -0.3 is 9.67 Å². The molecule has 1 fully saturated rings. The lowest BCUT2D eigenvalue weighted by Gasteiger charge is -2.33. The standard InChI is InChI=1S/C23H22F3N5O2/c1-29-13-27-28-21(29)20(15-4-2-5-15)16-6-3-7-17(9-16)30-11-19-18(23(24,25)26)8-14(12-32)10-31(19)22(30)33/h3,6-11,13,15,20,32H,2,4-5,12H2,1H3. The molecule has 1 unspecified atom stereocenters. The molecule has 1 saturated carbocycles. The molecule has 0 saturated heterocycles. The van der Waals surface area contributed by atoms with Crippen LogP contribution >= 0.6 is 0 Å². The first-order valence-electron chi connectivity index (χ1n) is 10.7. The Balaban J connectivity index is 1.66. The Hall–Kier alpha value is -3.40. The average molecular weight is 457 g/mol. The van der Waals surface area contributed by atoms with E-state index < -0.39 is 24.0 Å². The second-order valence-electron chi connectivity index (χ2n) is 8.52. The van der Waals surface area contributed by atoms with Gasteiger partial charge >= 0.3 is 11.9 Å². The topological polar surface area (TPSA) is 77.3 Å². The molecule has 10 heteroatoms. The lowest BCUT2D eigenvalue weighted by molar-refractivity contribution is -0.136. The molecule has 0 amide bonds. The van der Waals surface area contributed by atoms with Crippen LogP contribution in [0.1, 0.15) is 47.7 Å². The van der Waals surface area contributed by atoms with E-state index in [1.165, 1.54) is 17.0 Å². The Kier molecular flexibility index (Phi) is 5.12. The highest BCUT2D eigenvalue weighted by Gasteiger charge is 2.35. The maximum atomic E-state index is 13.7. The van der Waals surface area contributed by atoms with Crippen molar-refractivity contribution in [3.05, 3.63) is 82.1 Å². The van der Waals surface area contributed by atoms with Crippen LogP contribution in [-0.2, 0) is 19.8 Å². The molecule has 5 rings (SSSR count). The zero-order valence-electron chi connectivity index (χ0n) is 17.8. The van der Waals surface area contributed by atoms with Gasteiger partial charge in [0.25, 0.3) is 0 Å². The van der Waals surface area contributed by atoms with E-state index >= 15 is 0 Å². The molecule has 172 valence electrons. The number of aryl methyl sites for hydroxylation is 1. The van der Waals surface area contributed by atoms with Crippen molar-refractivity contribution in [2.75, 3.05) is 0 Å². The molecular formula is C23H22F3N5O2. The Labute approximate surface area is 186 Å². The number of rotatable bonds is 5. The summed E-state index contributed by atoms with van der Waals surface area (Å²) >= 11 is 0. The first-order valence-corrected chi connectivity index (χ1v) is 10.7. The lowest BCUT2D eigenvalue weighted by Crippen LogP contribution is -2.24. The van der Waals surface area contributed by atoms with Crippen LogP contribution in [0.15, 0.2) is 53.8 Å². The summed E-state index contributed by atoms with van der Waals surface area (Å²) < 4.78 is 45.0. The van der Waals surface area contributed by atoms with Crippen molar-refractivity contribution in [2.45, 2.75) is 38.0 Å². The summed E-state index contributed by atoms with van der Waals surface area (Å²) in [6.07, 6.45) is 2.66. The second kappa shape index (κ2) is 7.87. The molecular weight excluding hydrogens is 435 g/mol. The Bertz CT molecular complexity index is 1380. The van der Waals surface area contributed by atoms with Crippen LogP contribution in [0.25, 0.3) is 11.2 Å². The molecule has 0 spiro atoms. The normalized spacial score (nSPS) is 15.7. The van der Waals surface area contributed by atoms with Gasteiger partial charge in [0.15, 0.2) is 0 Å². The van der Waals surface area contributed by atoms with Gasteiger partial charge in [-0.3, -0.25) is 8.97 Å². The summed E-state index contributed by atoms with van der Waals surface area (Å²) in [4.78, 5) is 13.1. The highest BCUT2D eigenvalue weighted by Crippen LogP contribution is 2.43. The van der Waals surface area contributed by atoms with Gasteiger partial charge in [-0.05, 0) is 48.1 Å². The fourth-order valence-corrected chi connectivity index (χ4v) is 4.59. The molecule has 1 atom stereocenters. The summed E-state index contributed by atoms with van der Waals surface area (Å²) in [7, 11) is 1.88. The molecule has 1 N–H and O–H groups in total. The van der Waals surface area contributed by atoms with E-state index in [1.54, 1.807) is 18.5 Å². The molecule has 0 radical (unpaired) electrons. The number of aromatic nitrogens is 5. The fourth-order valence-electron chi connectivity index (χ4n) is 4.59. The number of aliphatic hydroxyl groups is 1. The van der Waals surface area contributed by atoms with E-state index in [0.717, 1.165) is 41.1 Å².